The highest BCUT2D eigenvalue weighted by atomic mass is 32.1. The summed E-state index contributed by atoms with van der Waals surface area (Å²) in [4.78, 5) is 24.4. The largest absolute Gasteiger partial charge is 0.451 e. The Labute approximate surface area is 136 Å². The van der Waals surface area contributed by atoms with Crippen molar-refractivity contribution in [1.29, 1.82) is 5.26 Å². The summed E-state index contributed by atoms with van der Waals surface area (Å²) in [5.74, 6) is -1.38. The van der Waals surface area contributed by atoms with Gasteiger partial charge in [-0.05, 0) is 29.8 Å². The number of amides is 1. The van der Waals surface area contributed by atoms with Gasteiger partial charge in [-0.3, -0.25) is 4.79 Å². The summed E-state index contributed by atoms with van der Waals surface area (Å²) in [6.45, 7) is -0.172. The summed E-state index contributed by atoms with van der Waals surface area (Å²) in [7, 11) is 0. The van der Waals surface area contributed by atoms with Crippen LogP contribution in [0.5, 0.6) is 0 Å². The normalized spacial score (nSPS) is 9.91. The molecular formula is C16H13FN2O3S. The van der Waals surface area contributed by atoms with Crippen LogP contribution in [0.4, 0.5) is 4.39 Å². The lowest BCUT2D eigenvalue weighted by atomic mass is 10.2. The number of nitriles is 1. The van der Waals surface area contributed by atoms with Gasteiger partial charge in [-0.1, -0.05) is 12.1 Å². The van der Waals surface area contributed by atoms with Crippen LogP contribution in [-0.2, 0) is 9.53 Å². The predicted molar refractivity (Wildman–Crippen MR) is 83.2 cm³/mol. The van der Waals surface area contributed by atoms with Crippen LogP contribution in [0.2, 0.25) is 0 Å². The molecule has 2 aromatic rings. The van der Waals surface area contributed by atoms with Crippen LogP contribution < -0.4 is 5.32 Å². The van der Waals surface area contributed by atoms with Gasteiger partial charge in [-0.2, -0.15) is 5.26 Å². The second-order valence-corrected chi connectivity index (χ2v) is 5.59. The third kappa shape index (κ3) is 4.90. The van der Waals surface area contributed by atoms with E-state index < -0.39 is 18.5 Å². The Bertz CT molecular complexity index is 735. The van der Waals surface area contributed by atoms with E-state index in [1.807, 2.05) is 6.07 Å². The van der Waals surface area contributed by atoms with E-state index in [0.717, 1.165) is 10.4 Å². The zero-order chi connectivity index (χ0) is 16.7. The van der Waals surface area contributed by atoms with E-state index in [0.29, 0.717) is 4.88 Å². The van der Waals surface area contributed by atoms with Crippen molar-refractivity contribution >= 4 is 23.2 Å². The molecule has 1 amide bonds. The minimum Gasteiger partial charge on any atom is -0.451 e. The predicted octanol–water partition coefficient (Wildman–Crippen LogP) is 2.74. The molecule has 0 aliphatic rings. The first-order valence-corrected chi connectivity index (χ1v) is 7.58. The molecule has 0 atom stereocenters. The van der Waals surface area contributed by atoms with Crippen LogP contribution in [0.15, 0.2) is 36.4 Å². The molecule has 1 heterocycles. The van der Waals surface area contributed by atoms with E-state index >= 15 is 0 Å². The van der Waals surface area contributed by atoms with Gasteiger partial charge in [-0.25, -0.2) is 9.18 Å². The molecule has 1 aromatic heterocycles. The number of thiophene rings is 1. The molecule has 1 aromatic carbocycles. The third-order valence-electron chi connectivity index (χ3n) is 2.83. The second-order valence-electron chi connectivity index (χ2n) is 4.50. The maximum atomic E-state index is 12.9. The van der Waals surface area contributed by atoms with Gasteiger partial charge in [0, 0.05) is 11.4 Å². The first kappa shape index (κ1) is 16.6. The second kappa shape index (κ2) is 8.06. The van der Waals surface area contributed by atoms with Gasteiger partial charge in [0.2, 0.25) is 0 Å². The number of nitrogens with one attached hydrogen (secondary N) is 1. The molecule has 0 bridgehead atoms. The Kier molecular flexibility index (Phi) is 5.83. The van der Waals surface area contributed by atoms with Gasteiger partial charge in [-0.15, -0.1) is 11.3 Å². The molecule has 0 radical (unpaired) electrons. The maximum absolute atomic E-state index is 12.9. The number of halogens is 1. The first-order valence-electron chi connectivity index (χ1n) is 6.76. The van der Waals surface area contributed by atoms with Crippen LogP contribution in [0.25, 0.3) is 10.4 Å². The van der Waals surface area contributed by atoms with Crippen molar-refractivity contribution < 1.29 is 18.7 Å². The molecule has 0 saturated heterocycles. The number of nitrogens with zero attached hydrogens (tertiary/aromatic N) is 1. The average Bonchev–Trinajstić information content (AvgIpc) is 3.03. The number of esters is 1. The Morgan fingerprint density at radius 1 is 1.22 bits per heavy atom. The monoisotopic (exact) mass is 332 g/mol. The molecule has 5 nitrogen and oxygen atoms in total. The summed E-state index contributed by atoms with van der Waals surface area (Å²) in [5, 5.41) is 10.8. The van der Waals surface area contributed by atoms with Crippen molar-refractivity contribution in [1.82, 2.24) is 5.32 Å². The molecule has 0 saturated carbocycles. The maximum Gasteiger partial charge on any atom is 0.348 e. The molecule has 7 heteroatoms. The highest BCUT2D eigenvalue weighted by molar-refractivity contribution is 7.17. The fourth-order valence-corrected chi connectivity index (χ4v) is 2.63. The summed E-state index contributed by atoms with van der Waals surface area (Å²) in [6, 6.07) is 11.2. The fourth-order valence-electron chi connectivity index (χ4n) is 1.73. The molecule has 0 unspecified atom stereocenters. The molecule has 2 rings (SSSR count). The van der Waals surface area contributed by atoms with Crippen LogP contribution in [0, 0.1) is 17.1 Å². The van der Waals surface area contributed by atoms with Gasteiger partial charge in [0.05, 0.1) is 12.5 Å². The number of carbonyl (C=O) groups is 2. The van der Waals surface area contributed by atoms with E-state index in [4.69, 9.17) is 10.00 Å². The van der Waals surface area contributed by atoms with Crippen molar-refractivity contribution in [2.75, 3.05) is 13.2 Å². The minimum absolute atomic E-state index is 0.200. The van der Waals surface area contributed by atoms with E-state index in [1.165, 1.54) is 23.5 Å². The lowest BCUT2D eigenvalue weighted by Crippen LogP contribution is -2.29. The number of benzene rings is 1. The number of hydrogen-bond donors (Lipinski definition) is 1. The summed E-state index contributed by atoms with van der Waals surface area (Å²) in [5.41, 5.74) is 0.796. The van der Waals surface area contributed by atoms with E-state index in [9.17, 15) is 14.0 Å². The van der Waals surface area contributed by atoms with E-state index in [-0.39, 0.29) is 18.8 Å². The van der Waals surface area contributed by atoms with Crippen molar-refractivity contribution in [2.24, 2.45) is 0 Å². The fraction of sp³-hybridized carbons (Fsp3) is 0.188. The number of hydrogen-bond acceptors (Lipinski definition) is 5. The molecule has 118 valence electrons. The number of carbonyl (C=O) groups excluding carboxylic acids is 2. The Balaban J connectivity index is 1.90. The molecule has 1 N–H and O–H groups in total. The molecule has 0 fully saturated rings. The van der Waals surface area contributed by atoms with Crippen molar-refractivity contribution in [3.05, 3.63) is 47.1 Å². The Morgan fingerprint density at radius 3 is 2.65 bits per heavy atom. The van der Waals surface area contributed by atoms with Gasteiger partial charge >= 0.3 is 5.97 Å². The van der Waals surface area contributed by atoms with Gasteiger partial charge in [0.15, 0.2) is 6.61 Å². The highest BCUT2D eigenvalue weighted by Crippen LogP contribution is 2.28. The van der Waals surface area contributed by atoms with Gasteiger partial charge < -0.3 is 10.1 Å². The SMILES string of the molecule is N#CCCNC(=O)COC(=O)c1ccc(-c2ccc(F)cc2)s1. The van der Waals surface area contributed by atoms with Crippen LogP contribution in [0.3, 0.4) is 0 Å². The minimum atomic E-state index is -0.598. The van der Waals surface area contributed by atoms with E-state index in [1.54, 1.807) is 24.3 Å². The smallest absolute Gasteiger partial charge is 0.348 e. The van der Waals surface area contributed by atoms with Crippen molar-refractivity contribution in [3.8, 4) is 16.5 Å². The van der Waals surface area contributed by atoms with Crippen molar-refractivity contribution in [3.63, 3.8) is 0 Å². The zero-order valence-corrected chi connectivity index (χ0v) is 12.9. The van der Waals surface area contributed by atoms with Gasteiger partial charge in [0.1, 0.15) is 10.7 Å². The van der Waals surface area contributed by atoms with Crippen LogP contribution >= 0.6 is 11.3 Å². The van der Waals surface area contributed by atoms with E-state index in [2.05, 4.69) is 5.32 Å². The molecule has 23 heavy (non-hydrogen) atoms. The third-order valence-corrected chi connectivity index (χ3v) is 3.94. The van der Waals surface area contributed by atoms with Crippen LogP contribution in [-0.4, -0.2) is 25.0 Å². The van der Waals surface area contributed by atoms with Crippen LogP contribution in [0.1, 0.15) is 16.1 Å². The molecular weight excluding hydrogens is 319 g/mol. The number of rotatable bonds is 6. The molecule has 0 aliphatic carbocycles. The highest BCUT2D eigenvalue weighted by Gasteiger charge is 2.13. The first-order chi connectivity index (χ1) is 11.1. The number of ether oxygens (including phenoxy) is 1. The molecule has 0 spiro atoms. The zero-order valence-electron chi connectivity index (χ0n) is 12.0. The lowest BCUT2D eigenvalue weighted by molar-refractivity contribution is -0.124. The quantitative estimate of drug-likeness (QED) is 0.651. The van der Waals surface area contributed by atoms with Crippen molar-refractivity contribution in [2.45, 2.75) is 6.42 Å². The summed E-state index contributed by atoms with van der Waals surface area (Å²) >= 11 is 1.20. The lowest BCUT2D eigenvalue weighted by Gasteiger charge is -2.03. The average molecular weight is 332 g/mol. The Hall–Kier alpha value is -2.72. The topological polar surface area (TPSA) is 79.2 Å². The summed E-state index contributed by atoms with van der Waals surface area (Å²) < 4.78 is 17.8. The summed E-state index contributed by atoms with van der Waals surface area (Å²) in [6.07, 6.45) is 0.200. The molecule has 0 aliphatic heterocycles. The Morgan fingerprint density at radius 2 is 1.96 bits per heavy atom. The standard InChI is InChI=1S/C16H13FN2O3S/c17-12-4-2-11(3-5-12)13-6-7-14(23-13)16(21)22-10-15(20)19-9-1-8-18/h2-7H,1,9-10H2,(H,19,20). The van der Waals surface area contributed by atoms with Gasteiger partial charge in [0.25, 0.3) is 5.91 Å².